The first-order valence-corrected chi connectivity index (χ1v) is 24.7. The molecule has 0 spiro atoms. The van der Waals surface area contributed by atoms with Crippen molar-refractivity contribution in [1.82, 2.24) is 28.9 Å². The second-order valence-electron chi connectivity index (χ2n) is 16.3. The molecular formula is C50H58N8O2S2. The predicted molar refractivity (Wildman–Crippen MR) is 255 cm³/mol. The lowest BCUT2D eigenvalue weighted by molar-refractivity contribution is -0.136. The highest BCUT2D eigenvalue weighted by Crippen LogP contribution is 2.42. The number of unbranched alkanes of at least 4 members (excludes halogenated alkanes) is 2. The standard InChI is InChI=1S/C50H58N8O2S2/c1-3-5-27-41-47-53-43(35-19-11-7-12-20-35)45(37-23-15-9-16-24-37)57(47)31-29-55(41)49(59)39(51)33-61-62-34-40(52)50(60)56-30-32-58-46(38-25-17-10-18-26-38)44(36-21-13-8-14-22-36)54-48(58)42(56)28-6-4-2/h7-26,39-42H,3-6,27-34,51-52H2,1-2H3/t39-,40-,41-,42-/m0/s1. The first-order chi connectivity index (χ1) is 30.4. The zero-order chi connectivity index (χ0) is 43.0. The molecule has 12 heteroatoms. The van der Waals surface area contributed by atoms with Gasteiger partial charge in [0.25, 0.3) is 0 Å². The maximum Gasteiger partial charge on any atom is 0.241 e. The molecule has 2 aliphatic heterocycles. The SMILES string of the molecule is CCCC[C@H]1c2nc(-c3ccccc3)c(-c3ccccc3)n2CCN1C(=O)[C@@H](N)CSSC[C@H](N)C(=O)N1CCn2c(nc(-c3ccccc3)c2-c2ccccc2)[C@@H]1CCCC. The summed E-state index contributed by atoms with van der Waals surface area (Å²) in [5.41, 5.74) is 21.8. The van der Waals surface area contributed by atoms with Gasteiger partial charge >= 0.3 is 0 Å². The van der Waals surface area contributed by atoms with Crippen LogP contribution >= 0.6 is 21.6 Å². The fourth-order valence-corrected chi connectivity index (χ4v) is 11.2. The number of amides is 2. The van der Waals surface area contributed by atoms with Crippen LogP contribution in [0.2, 0.25) is 0 Å². The molecule has 62 heavy (non-hydrogen) atoms. The Morgan fingerprint density at radius 1 is 0.548 bits per heavy atom. The van der Waals surface area contributed by atoms with Crippen LogP contribution in [-0.4, -0.2) is 77.4 Å². The van der Waals surface area contributed by atoms with Gasteiger partial charge in [-0.2, -0.15) is 0 Å². The molecule has 0 fully saturated rings. The molecule has 0 unspecified atom stereocenters. The Kier molecular flexibility index (Phi) is 14.3. The van der Waals surface area contributed by atoms with E-state index in [-0.39, 0.29) is 23.9 Å². The molecule has 0 aliphatic carbocycles. The summed E-state index contributed by atoms with van der Waals surface area (Å²) in [6.07, 6.45) is 5.58. The van der Waals surface area contributed by atoms with Crippen LogP contribution in [0.15, 0.2) is 121 Å². The van der Waals surface area contributed by atoms with E-state index in [2.05, 4.69) is 95.8 Å². The van der Waals surface area contributed by atoms with Crippen molar-refractivity contribution in [2.24, 2.45) is 11.5 Å². The molecule has 4 heterocycles. The lowest BCUT2D eigenvalue weighted by Gasteiger charge is -2.38. The number of hydrogen-bond acceptors (Lipinski definition) is 8. The monoisotopic (exact) mass is 866 g/mol. The zero-order valence-corrected chi connectivity index (χ0v) is 37.4. The number of benzene rings is 4. The van der Waals surface area contributed by atoms with Crippen LogP contribution in [0.3, 0.4) is 0 Å². The maximum absolute atomic E-state index is 14.2. The summed E-state index contributed by atoms with van der Waals surface area (Å²) in [5, 5.41) is 0. The minimum atomic E-state index is -0.704. The van der Waals surface area contributed by atoms with Crippen molar-refractivity contribution in [2.75, 3.05) is 24.6 Å². The van der Waals surface area contributed by atoms with Gasteiger partial charge in [-0.15, -0.1) is 0 Å². The number of hydrogen-bond donors (Lipinski definition) is 2. The van der Waals surface area contributed by atoms with E-state index in [1.54, 1.807) is 0 Å². The van der Waals surface area contributed by atoms with E-state index in [1.807, 2.05) is 58.3 Å². The molecule has 0 saturated heterocycles. The predicted octanol–water partition coefficient (Wildman–Crippen LogP) is 9.63. The molecule has 322 valence electrons. The van der Waals surface area contributed by atoms with Crippen molar-refractivity contribution in [3.63, 3.8) is 0 Å². The molecule has 2 aliphatic rings. The molecule has 4 aromatic carbocycles. The van der Waals surface area contributed by atoms with Crippen LogP contribution < -0.4 is 11.5 Å². The highest BCUT2D eigenvalue weighted by atomic mass is 33.1. The van der Waals surface area contributed by atoms with E-state index in [4.69, 9.17) is 21.4 Å². The number of carbonyl (C=O) groups excluding carboxylic acids is 2. The summed E-state index contributed by atoms with van der Waals surface area (Å²) >= 11 is 0. The number of aromatic nitrogens is 4. The first kappa shape index (κ1) is 43.5. The van der Waals surface area contributed by atoms with Crippen LogP contribution in [0, 0.1) is 0 Å². The maximum atomic E-state index is 14.2. The Labute approximate surface area is 373 Å². The van der Waals surface area contributed by atoms with E-state index in [1.165, 1.54) is 21.6 Å². The highest BCUT2D eigenvalue weighted by Gasteiger charge is 2.39. The van der Waals surface area contributed by atoms with E-state index < -0.39 is 12.1 Å². The van der Waals surface area contributed by atoms with Crippen molar-refractivity contribution in [3.05, 3.63) is 133 Å². The number of rotatable bonds is 17. The molecule has 2 aromatic heterocycles. The van der Waals surface area contributed by atoms with Crippen LogP contribution in [0.25, 0.3) is 45.0 Å². The van der Waals surface area contributed by atoms with Crippen molar-refractivity contribution in [2.45, 2.75) is 89.6 Å². The molecule has 2 amide bonds. The third-order valence-corrected chi connectivity index (χ3v) is 14.6. The smallest absolute Gasteiger partial charge is 0.241 e. The fourth-order valence-electron chi connectivity index (χ4n) is 8.98. The third kappa shape index (κ3) is 9.15. The zero-order valence-electron chi connectivity index (χ0n) is 35.8. The molecular weight excluding hydrogens is 809 g/mol. The Morgan fingerprint density at radius 2 is 0.887 bits per heavy atom. The van der Waals surface area contributed by atoms with Gasteiger partial charge in [-0.05, 0) is 12.8 Å². The average Bonchev–Trinajstić information content (AvgIpc) is 3.92. The molecule has 4 atom stereocenters. The van der Waals surface area contributed by atoms with Gasteiger partial charge in [0, 0.05) is 59.9 Å². The molecule has 0 radical (unpaired) electrons. The summed E-state index contributed by atoms with van der Waals surface area (Å²) in [7, 11) is 3.02. The molecule has 6 aromatic rings. The van der Waals surface area contributed by atoms with E-state index >= 15 is 0 Å². The Bertz CT molecular complexity index is 2240. The third-order valence-electron chi connectivity index (χ3n) is 12.1. The summed E-state index contributed by atoms with van der Waals surface area (Å²) in [4.78, 5) is 43.0. The molecule has 0 saturated carbocycles. The lowest BCUT2D eigenvalue weighted by atomic mass is 10.0. The van der Waals surface area contributed by atoms with Crippen LogP contribution in [0.1, 0.15) is 76.1 Å². The van der Waals surface area contributed by atoms with Gasteiger partial charge in [0.2, 0.25) is 11.8 Å². The minimum Gasteiger partial charge on any atom is -0.329 e. The van der Waals surface area contributed by atoms with Crippen LogP contribution in [-0.2, 0) is 22.7 Å². The molecule has 0 bridgehead atoms. The number of imidazole rings is 2. The van der Waals surface area contributed by atoms with Crippen LogP contribution in [0.4, 0.5) is 0 Å². The van der Waals surface area contributed by atoms with Crippen molar-refractivity contribution >= 4 is 33.4 Å². The number of nitrogens with two attached hydrogens (primary N) is 2. The normalized spacial score (nSPS) is 17.0. The van der Waals surface area contributed by atoms with Gasteiger partial charge in [0.15, 0.2) is 0 Å². The van der Waals surface area contributed by atoms with Crippen molar-refractivity contribution in [1.29, 1.82) is 0 Å². The van der Waals surface area contributed by atoms with Gasteiger partial charge in [0.1, 0.15) is 11.6 Å². The first-order valence-electron chi connectivity index (χ1n) is 22.2. The lowest BCUT2D eigenvalue weighted by Crippen LogP contribution is -2.50. The van der Waals surface area contributed by atoms with E-state index in [0.717, 1.165) is 95.2 Å². The van der Waals surface area contributed by atoms with Crippen molar-refractivity contribution in [3.8, 4) is 45.0 Å². The van der Waals surface area contributed by atoms with Gasteiger partial charge < -0.3 is 30.4 Å². The van der Waals surface area contributed by atoms with E-state index in [9.17, 15) is 9.59 Å². The Balaban J connectivity index is 0.938. The van der Waals surface area contributed by atoms with Gasteiger partial charge in [-0.3, -0.25) is 9.59 Å². The quantitative estimate of drug-likeness (QED) is 0.0686. The number of fused-ring (bicyclic) bond motifs is 2. The molecule has 10 nitrogen and oxygen atoms in total. The molecule has 4 N–H and O–H groups in total. The Hall–Kier alpha value is -5.14. The van der Waals surface area contributed by atoms with Gasteiger partial charge in [-0.1, -0.05) is 182 Å². The number of carbonyl (C=O) groups is 2. The Morgan fingerprint density at radius 3 is 1.23 bits per heavy atom. The highest BCUT2D eigenvalue weighted by molar-refractivity contribution is 8.76. The van der Waals surface area contributed by atoms with Crippen molar-refractivity contribution < 1.29 is 9.59 Å². The summed E-state index contributed by atoms with van der Waals surface area (Å²) in [6.45, 7) is 6.74. The molecule has 8 rings (SSSR count). The summed E-state index contributed by atoms with van der Waals surface area (Å²) in [5.74, 6) is 2.52. The summed E-state index contributed by atoms with van der Waals surface area (Å²) in [6, 6.07) is 39.7. The van der Waals surface area contributed by atoms with Crippen LogP contribution in [0.5, 0.6) is 0 Å². The van der Waals surface area contributed by atoms with Gasteiger partial charge in [0.05, 0.1) is 46.9 Å². The summed E-state index contributed by atoms with van der Waals surface area (Å²) < 4.78 is 4.65. The average molecular weight is 867 g/mol. The second-order valence-corrected chi connectivity index (χ2v) is 18.8. The van der Waals surface area contributed by atoms with E-state index in [0.29, 0.717) is 37.7 Å². The fraction of sp³-hybridized carbons (Fsp3) is 0.360. The topological polar surface area (TPSA) is 128 Å². The van der Waals surface area contributed by atoms with Gasteiger partial charge in [-0.25, -0.2) is 9.97 Å². The minimum absolute atomic E-state index is 0.0660. The second kappa shape index (κ2) is 20.4. The largest absolute Gasteiger partial charge is 0.329 e. The number of nitrogens with zero attached hydrogens (tertiary/aromatic N) is 6.